The first-order valence-electron chi connectivity index (χ1n) is 13.7. The van der Waals surface area contributed by atoms with Crippen molar-refractivity contribution < 1.29 is 19.1 Å². The van der Waals surface area contributed by atoms with E-state index in [4.69, 9.17) is 9.47 Å². The van der Waals surface area contributed by atoms with Crippen molar-refractivity contribution in [1.82, 2.24) is 0 Å². The molecule has 4 nitrogen and oxygen atoms in total. The quantitative estimate of drug-likeness (QED) is 0.432. The highest BCUT2D eigenvalue weighted by molar-refractivity contribution is 5.72. The van der Waals surface area contributed by atoms with E-state index in [0.29, 0.717) is 46.3 Å². The van der Waals surface area contributed by atoms with Crippen LogP contribution in [0.1, 0.15) is 113 Å². The van der Waals surface area contributed by atoms with Crippen LogP contribution in [0.15, 0.2) is 0 Å². The highest BCUT2D eigenvalue weighted by atomic mass is 16.6. The van der Waals surface area contributed by atoms with Gasteiger partial charge in [0.15, 0.2) is 0 Å². The second-order valence-electron chi connectivity index (χ2n) is 14.1. The topological polar surface area (TPSA) is 52.6 Å². The average molecular weight is 459 g/mol. The first-order chi connectivity index (χ1) is 15.3. The SMILES string of the molecule is CC(=O)O[C@@H]1CC[C@]2(C)[C@H](CC[C@@]3(C)[C@H]2CC[C@@H]2[C@@H]([C@]4(C)CCC(=O)O4)CC[C@@]23C)C1(C)C. The Morgan fingerprint density at radius 3 is 2.15 bits per heavy atom. The molecule has 0 radical (unpaired) electrons. The summed E-state index contributed by atoms with van der Waals surface area (Å²) in [6, 6.07) is 0. The second-order valence-corrected chi connectivity index (χ2v) is 14.1. The van der Waals surface area contributed by atoms with Gasteiger partial charge >= 0.3 is 11.9 Å². The molecule has 0 aromatic carbocycles. The van der Waals surface area contributed by atoms with E-state index in [1.54, 1.807) is 6.92 Å². The number of fused-ring (bicyclic) bond motifs is 5. The van der Waals surface area contributed by atoms with Gasteiger partial charge < -0.3 is 9.47 Å². The van der Waals surface area contributed by atoms with Gasteiger partial charge in [-0.3, -0.25) is 9.59 Å². The molecule has 0 amide bonds. The molecule has 0 bridgehead atoms. The lowest BCUT2D eigenvalue weighted by Crippen LogP contribution is -2.64. The highest BCUT2D eigenvalue weighted by Crippen LogP contribution is 2.76. The van der Waals surface area contributed by atoms with Gasteiger partial charge in [-0.05, 0) is 98.7 Å². The van der Waals surface area contributed by atoms with E-state index in [1.165, 1.54) is 44.9 Å². The summed E-state index contributed by atoms with van der Waals surface area (Å²) in [7, 11) is 0. The van der Waals surface area contributed by atoms with Gasteiger partial charge in [-0.2, -0.15) is 0 Å². The minimum absolute atomic E-state index is 0.00536. The smallest absolute Gasteiger partial charge is 0.306 e. The number of carbonyl (C=O) groups is 2. The highest BCUT2D eigenvalue weighted by Gasteiger charge is 2.70. The van der Waals surface area contributed by atoms with Gasteiger partial charge in [-0.1, -0.05) is 34.6 Å². The van der Waals surface area contributed by atoms with Crippen molar-refractivity contribution in [3.63, 3.8) is 0 Å². The predicted octanol–water partition coefficient (Wildman–Crippen LogP) is 6.70. The Labute approximate surface area is 200 Å². The fourth-order valence-corrected chi connectivity index (χ4v) is 10.8. The Balaban J connectivity index is 1.45. The minimum Gasteiger partial charge on any atom is -0.462 e. The van der Waals surface area contributed by atoms with E-state index < -0.39 is 0 Å². The van der Waals surface area contributed by atoms with Gasteiger partial charge in [0.05, 0.1) is 0 Å². The van der Waals surface area contributed by atoms with Crippen molar-refractivity contribution in [3.05, 3.63) is 0 Å². The largest absolute Gasteiger partial charge is 0.462 e. The molecule has 4 aliphatic carbocycles. The van der Waals surface area contributed by atoms with E-state index in [0.717, 1.165) is 12.8 Å². The summed E-state index contributed by atoms with van der Waals surface area (Å²) in [5, 5.41) is 0. The molecule has 0 aromatic heterocycles. The number of ether oxygens (including phenoxy) is 2. The average Bonchev–Trinajstić information content (AvgIpc) is 3.25. The Morgan fingerprint density at radius 1 is 0.818 bits per heavy atom. The third-order valence-corrected chi connectivity index (χ3v) is 12.6. The minimum atomic E-state index is -0.256. The molecule has 0 spiro atoms. The van der Waals surface area contributed by atoms with Crippen LogP contribution in [0.25, 0.3) is 0 Å². The molecule has 0 aromatic rings. The molecule has 33 heavy (non-hydrogen) atoms. The van der Waals surface area contributed by atoms with Crippen molar-refractivity contribution in [2.75, 3.05) is 0 Å². The monoisotopic (exact) mass is 458 g/mol. The van der Waals surface area contributed by atoms with Crippen molar-refractivity contribution >= 4 is 11.9 Å². The molecule has 1 heterocycles. The maximum atomic E-state index is 12.0. The number of carbonyl (C=O) groups excluding carboxylic acids is 2. The summed E-state index contributed by atoms with van der Waals surface area (Å²) in [6.07, 6.45) is 11.2. The van der Waals surface area contributed by atoms with E-state index in [1.807, 2.05) is 0 Å². The molecule has 5 fully saturated rings. The van der Waals surface area contributed by atoms with Crippen LogP contribution in [0.3, 0.4) is 0 Å². The van der Waals surface area contributed by atoms with E-state index in [-0.39, 0.29) is 29.1 Å². The van der Waals surface area contributed by atoms with Gasteiger partial charge in [-0.25, -0.2) is 0 Å². The first-order valence-corrected chi connectivity index (χ1v) is 13.7. The zero-order chi connectivity index (χ0) is 24.0. The van der Waals surface area contributed by atoms with Crippen molar-refractivity contribution in [3.8, 4) is 0 Å². The number of esters is 2. The van der Waals surface area contributed by atoms with Crippen LogP contribution in [0, 0.1) is 45.3 Å². The predicted molar refractivity (Wildman–Crippen MR) is 128 cm³/mol. The van der Waals surface area contributed by atoms with Gasteiger partial charge in [0.1, 0.15) is 11.7 Å². The molecular weight excluding hydrogens is 412 g/mol. The van der Waals surface area contributed by atoms with Crippen molar-refractivity contribution in [2.24, 2.45) is 45.3 Å². The summed E-state index contributed by atoms with van der Waals surface area (Å²) in [6.45, 7) is 16.3. The standard InChI is InChI=1S/C29H46O4/c1-18(30)32-23-12-14-26(4)21(25(23,2)3)11-16-28(6)22(26)9-8-19-20(10-15-27(19,28)5)29(7)17-13-24(31)33-29/h19-23H,8-17H2,1-7H3/t19-,20+,21-,22+,23-,26-,27+,28+,29+/m1/s1. The van der Waals surface area contributed by atoms with Crippen LogP contribution in [0.2, 0.25) is 0 Å². The second kappa shape index (κ2) is 7.23. The van der Waals surface area contributed by atoms with E-state index in [2.05, 4.69) is 41.5 Å². The lowest BCUT2D eigenvalue weighted by atomic mass is 9.35. The Kier molecular flexibility index (Phi) is 5.19. The molecule has 5 aliphatic rings. The van der Waals surface area contributed by atoms with Gasteiger partial charge in [0.25, 0.3) is 0 Å². The maximum Gasteiger partial charge on any atom is 0.306 e. The molecule has 0 unspecified atom stereocenters. The fraction of sp³-hybridized carbons (Fsp3) is 0.931. The molecule has 1 saturated heterocycles. The van der Waals surface area contributed by atoms with Crippen LogP contribution in [0.5, 0.6) is 0 Å². The number of rotatable bonds is 2. The summed E-state index contributed by atoms with van der Waals surface area (Å²) in [4.78, 5) is 23.9. The summed E-state index contributed by atoms with van der Waals surface area (Å²) < 4.78 is 11.9. The molecule has 1 aliphatic heterocycles. The zero-order valence-electron chi connectivity index (χ0n) is 22.1. The van der Waals surface area contributed by atoms with Crippen molar-refractivity contribution in [2.45, 2.75) is 124 Å². The first kappa shape index (κ1) is 23.7. The summed E-state index contributed by atoms with van der Waals surface area (Å²) in [5.41, 5.74) is 0.682. The fourth-order valence-electron chi connectivity index (χ4n) is 10.8. The third kappa shape index (κ3) is 3.07. The van der Waals surface area contributed by atoms with Gasteiger partial charge in [-0.15, -0.1) is 0 Å². The number of cyclic esters (lactones) is 1. The van der Waals surface area contributed by atoms with Crippen LogP contribution in [-0.2, 0) is 19.1 Å². The van der Waals surface area contributed by atoms with Crippen LogP contribution >= 0.6 is 0 Å². The van der Waals surface area contributed by atoms with Crippen LogP contribution < -0.4 is 0 Å². The van der Waals surface area contributed by atoms with Gasteiger partial charge in [0, 0.05) is 24.7 Å². The molecule has 5 rings (SSSR count). The normalized spacial score (nSPS) is 52.9. The molecule has 186 valence electrons. The summed E-state index contributed by atoms with van der Waals surface area (Å²) >= 11 is 0. The Hall–Kier alpha value is -1.06. The Morgan fingerprint density at radius 2 is 1.52 bits per heavy atom. The van der Waals surface area contributed by atoms with Crippen LogP contribution in [0.4, 0.5) is 0 Å². The molecule has 4 saturated carbocycles. The number of hydrogen-bond donors (Lipinski definition) is 0. The van der Waals surface area contributed by atoms with Crippen molar-refractivity contribution in [1.29, 1.82) is 0 Å². The van der Waals surface area contributed by atoms with Crippen LogP contribution in [-0.4, -0.2) is 23.6 Å². The lowest BCUT2D eigenvalue weighted by Gasteiger charge is -2.70. The Bertz CT molecular complexity index is 849. The number of hydrogen-bond acceptors (Lipinski definition) is 4. The van der Waals surface area contributed by atoms with Gasteiger partial charge in [0.2, 0.25) is 0 Å². The summed E-state index contributed by atoms with van der Waals surface area (Å²) in [5.74, 6) is 2.33. The molecule has 9 atom stereocenters. The zero-order valence-corrected chi connectivity index (χ0v) is 22.1. The lowest BCUT2D eigenvalue weighted by molar-refractivity contribution is -0.229. The van der Waals surface area contributed by atoms with E-state index in [9.17, 15) is 9.59 Å². The maximum absolute atomic E-state index is 12.0. The van der Waals surface area contributed by atoms with E-state index >= 15 is 0 Å². The third-order valence-electron chi connectivity index (χ3n) is 12.6. The molecule has 4 heteroatoms. The molecular formula is C29H46O4. The molecule has 0 N–H and O–H groups in total.